The quantitative estimate of drug-likeness (QED) is 0.610. The fourth-order valence-corrected chi connectivity index (χ4v) is 4.58. The van der Waals surface area contributed by atoms with Crippen LogP contribution < -0.4 is 10.6 Å². The zero-order valence-electron chi connectivity index (χ0n) is 16.5. The van der Waals surface area contributed by atoms with Gasteiger partial charge in [0.05, 0.1) is 37.5 Å². The molecule has 6 nitrogen and oxygen atoms in total. The maximum atomic E-state index is 5.97. The minimum Gasteiger partial charge on any atom is -0.379 e. The highest BCUT2D eigenvalue weighted by Crippen LogP contribution is 2.34. The largest absolute Gasteiger partial charge is 0.379 e. The zero-order chi connectivity index (χ0) is 18.6. The molecule has 4 unspecified atom stereocenters. The highest BCUT2D eigenvalue weighted by atomic mass is 16.5. The third kappa shape index (κ3) is 4.45. The average molecular weight is 373 g/mol. The number of guanidine groups is 1. The number of aliphatic imine (C=N–C) groups is 1. The molecule has 0 saturated carbocycles. The summed E-state index contributed by atoms with van der Waals surface area (Å²) in [7, 11) is 1.85. The van der Waals surface area contributed by atoms with Crippen molar-refractivity contribution in [1.29, 1.82) is 0 Å². The maximum absolute atomic E-state index is 5.97. The number of nitrogens with zero attached hydrogens (tertiary/aromatic N) is 2. The minimum absolute atomic E-state index is 0.309. The van der Waals surface area contributed by atoms with E-state index >= 15 is 0 Å². The monoisotopic (exact) mass is 372 g/mol. The molecule has 4 atom stereocenters. The van der Waals surface area contributed by atoms with E-state index in [9.17, 15) is 0 Å². The molecule has 148 valence electrons. The number of ether oxygens (including phenoxy) is 2. The Morgan fingerprint density at radius 1 is 1.30 bits per heavy atom. The number of hydrogen-bond donors (Lipinski definition) is 2. The normalized spacial score (nSPS) is 29.7. The predicted molar refractivity (Wildman–Crippen MR) is 107 cm³/mol. The van der Waals surface area contributed by atoms with Crippen molar-refractivity contribution >= 4 is 5.96 Å². The van der Waals surface area contributed by atoms with E-state index in [1.807, 2.05) is 7.05 Å². The van der Waals surface area contributed by atoms with Crippen LogP contribution in [0.2, 0.25) is 0 Å². The van der Waals surface area contributed by atoms with Crippen LogP contribution in [0.4, 0.5) is 0 Å². The van der Waals surface area contributed by atoms with Crippen LogP contribution in [-0.4, -0.2) is 69.0 Å². The first-order chi connectivity index (χ1) is 13.2. The summed E-state index contributed by atoms with van der Waals surface area (Å²) in [5.41, 5.74) is 2.65. The van der Waals surface area contributed by atoms with Gasteiger partial charge in [-0.2, -0.15) is 0 Å². The van der Waals surface area contributed by atoms with Crippen LogP contribution in [0.5, 0.6) is 0 Å². The molecule has 2 bridgehead atoms. The third-order valence-electron chi connectivity index (χ3n) is 6.03. The van der Waals surface area contributed by atoms with Crippen molar-refractivity contribution in [2.45, 2.75) is 50.5 Å². The fourth-order valence-electron chi connectivity index (χ4n) is 4.58. The van der Waals surface area contributed by atoms with Crippen LogP contribution >= 0.6 is 0 Å². The lowest BCUT2D eigenvalue weighted by Crippen LogP contribution is -2.50. The Kier molecular flexibility index (Phi) is 5.95. The van der Waals surface area contributed by atoms with Gasteiger partial charge >= 0.3 is 0 Å². The van der Waals surface area contributed by atoms with Gasteiger partial charge in [-0.15, -0.1) is 0 Å². The van der Waals surface area contributed by atoms with Crippen LogP contribution in [-0.2, 0) is 9.47 Å². The Labute approximate surface area is 162 Å². The molecule has 3 heterocycles. The molecule has 3 aliphatic heterocycles. The number of rotatable bonds is 5. The minimum atomic E-state index is 0.309. The molecular formula is C21H32N4O2. The van der Waals surface area contributed by atoms with Crippen molar-refractivity contribution in [3.05, 3.63) is 35.4 Å². The lowest BCUT2D eigenvalue weighted by atomic mass is 9.96. The molecule has 1 aromatic carbocycles. The van der Waals surface area contributed by atoms with Gasteiger partial charge in [0.15, 0.2) is 5.96 Å². The second-order valence-electron chi connectivity index (χ2n) is 7.89. The molecule has 27 heavy (non-hydrogen) atoms. The van der Waals surface area contributed by atoms with E-state index in [0.717, 1.165) is 45.2 Å². The van der Waals surface area contributed by atoms with E-state index in [0.29, 0.717) is 24.3 Å². The van der Waals surface area contributed by atoms with Gasteiger partial charge < -0.3 is 20.1 Å². The summed E-state index contributed by atoms with van der Waals surface area (Å²) in [6.45, 7) is 6.52. The summed E-state index contributed by atoms with van der Waals surface area (Å²) in [5, 5.41) is 7.16. The summed E-state index contributed by atoms with van der Waals surface area (Å²) in [6, 6.07) is 9.52. The Hall–Kier alpha value is -1.63. The second-order valence-corrected chi connectivity index (χ2v) is 7.89. The first kappa shape index (κ1) is 18.7. The summed E-state index contributed by atoms with van der Waals surface area (Å²) >= 11 is 0. The van der Waals surface area contributed by atoms with Gasteiger partial charge in [0.1, 0.15) is 0 Å². The van der Waals surface area contributed by atoms with Gasteiger partial charge in [-0.05, 0) is 31.7 Å². The van der Waals surface area contributed by atoms with E-state index in [2.05, 4.69) is 51.7 Å². The smallest absolute Gasteiger partial charge is 0.191 e. The van der Waals surface area contributed by atoms with E-state index in [1.165, 1.54) is 24.0 Å². The molecule has 0 radical (unpaired) electrons. The van der Waals surface area contributed by atoms with Crippen molar-refractivity contribution in [3.8, 4) is 0 Å². The highest BCUT2D eigenvalue weighted by molar-refractivity contribution is 5.80. The van der Waals surface area contributed by atoms with Crippen molar-refractivity contribution in [2.24, 2.45) is 4.99 Å². The van der Waals surface area contributed by atoms with Crippen molar-refractivity contribution in [3.63, 3.8) is 0 Å². The molecule has 3 saturated heterocycles. The summed E-state index contributed by atoms with van der Waals surface area (Å²) < 4.78 is 11.5. The van der Waals surface area contributed by atoms with Gasteiger partial charge in [-0.3, -0.25) is 9.89 Å². The molecule has 6 heteroatoms. The molecular weight excluding hydrogens is 340 g/mol. The second kappa shape index (κ2) is 8.59. The molecule has 0 aromatic heterocycles. The summed E-state index contributed by atoms with van der Waals surface area (Å²) in [6.07, 6.45) is 4.26. The molecule has 3 fully saturated rings. The van der Waals surface area contributed by atoms with Gasteiger partial charge in [-0.1, -0.05) is 29.8 Å². The van der Waals surface area contributed by atoms with Crippen LogP contribution in [0, 0.1) is 6.92 Å². The maximum Gasteiger partial charge on any atom is 0.191 e. The summed E-state index contributed by atoms with van der Waals surface area (Å²) in [4.78, 5) is 6.97. The van der Waals surface area contributed by atoms with Crippen molar-refractivity contribution < 1.29 is 9.47 Å². The lowest BCUT2D eigenvalue weighted by molar-refractivity contribution is 0.0169. The average Bonchev–Trinajstić information content (AvgIpc) is 3.31. The topological polar surface area (TPSA) is 58.1 Å². The number of fused-ring (bicyclic) bond motifs is 2. The molecule has 1 aromatic rings. The Balaban J connectivity index is 1.41. The number of benzene rings is 1. The third-order valence-corrected chi connectivity index (χ3v) is 6.03. The van der Waals surface area contributed by atoms with Crippen molar-refractivity contribution in [1.82, 2.24) is 15.5 Å². The first-order valence-electron chi connectivity index (χ1n) is 10.2. The predicted octanol–water partition coefficient (Wildman–Crippen LogP) is 1.85. The van der Waals surface area contributed by atoms with Gasteiger partial charge in [0, 0.05) is 26.7 Å². The SMILES string of the molecule is CN=C(NCC(c1cccc(C)c1)N1CCOCC1)NC1CC2CCC1O2. The van der Waals surface area contributed by atoms with Crippen LogP contribution in [0.25, 0.3) is 0 Å². The summed E-state index contributed by atoms with van der Waals surface area (Å²) in [5.74, 6) is 0.877. The van der Waals surface area contributed by atoms with Gasteiger partial charge in [0.2, 0.25) is 0 Å². The van der Waals surface area contributed by atoms with E-state index in [4.69, 9.17) is 9.47 Å². The molecule has 3 aliphatic rings. The number of aryl methyl sites for hydroxylation is 1. The highest BCUT2D eigenvalue weighted by Gasteiger charge is 2.41. The van der Waals surface area contributed by atoms with Gasteiger partial charge in [-0.25, -0.2) is 0 Å². The first-order valence-corrected chi connectivity index (χ1v) is 10.2. The van der Waals surface area contributed by atoms with Crippen LogP contribution in [0.3, 0.4) is 0 Å². The number of nitrogens with one attached hydrogen (secondary N) is 2. The molecule has 4 rings (SSSR count). The zero-order valence-corrected chi connectivity index (χ0v) is 16.5. The standard InChI is InChI=1S/C21H32N4O2/c1-15-4-3-5-16(12-15)19(25-8-10-26-11-9-25)14-23-21(22-2)24-18-13-17-6-7-20(18)27-17/h3-5,12,17-20H,6-11,13-14H2,1-2H3,(H2,22,23,24). The Bertz CT molecular complexity index is 659. The number of hydrogen-bond acceptors (Lipinski definition) is 4. The van der Waals surface area contributed by atoms with E-state index < -0.39 is 0 Å². The van der Waals surface area contributed by atoms with Crippen LogP contribution in [0.15, 0.2) is 29.3 Å². The van der Waals surface area contributed by atoms with Crippen molar-refractivity contribution in [2.75, 3.05) is 39.9 Å². The Morgan fingerprint density at radius 3 is 2.81 bits per heavy atom. The molecule has 2 N–H and O–H groups in total. The van der Waals surface area contributed by atoms with Crippen LogP contribution in [0.1, 0.15) is 36.4 Å². The molecule has 0 spiro atoms. The van der Waals surface area contributed by atoms with E-state index in [1.54, 1.807) is 0 Å². The number of morpholine rings is 1. The van der Waals surface area contributed by atoms with E-state index in [-0.39, 0.29) is 0 Å². The lowest BCUT2D eigenvalue weighted by Gasteiger charge is -2.35. The van der Waals surface area contributed by atoms with Gasteiger partial charge in [0.25, 0.3) is 0 Å². The fraction of sp³-hybridized carbons (Fsp3) is 0.667. The Morgan fingerprint density at radius 2 is 2.15 bits per heavy atom. The molecule has 0 amide bonds. The molecule has 0 aliphatic carbocycles.